The molecule has 0 fully saturated rings. The fourth-order valence-electron chi connectivity index (χ4n) is 1.67. The van der Waals surface area contributed by atoms with Gasteiger partial charge in [0.1, 0.15) is 0 Å². The highest BCUT2D eigenvalue weighted by Gasteiger charge is 2.24. The second-order valence-electron chi connectivity index (χ2n) is 4.21. The van der Waals surface area contributed by atoms with Gasteiger partial charge in [0, 0.05) is 6.26 Å². The molecule has 21 heavy (non-hydrogen) atoms. The van der Waals surface area contributed by atoms with E-state index in [2.05, 4.69) is 9.71 Å². The number of halogens is 1. The lowest BCUT2D eigenvalue weighted by Crippen LogP contribution is -2.15. The van der Waals surface area contributed by atoms with Gasteiger partial charge in [-0.25, -0.2) is 21.8 Å². The van der Waals surface area contributed by atoms with E-state index in [9.17, 15) is 16.8 Å². The maximum absolute atomic E-state index is 12.3. The van der Waals surface area contributed by atoms with Gasteiger partial charge in [-0.1, -0.05) is 35.1 Å². The Hall–Kier alpha value is -1.16. The molecule has 1 aromatic heterocycles. The smallest absolute Gasteiger partial charge is 0.273 e. The topological polar surface area (TPSA) is 93.2 Å². The van der Waals surface area contributed by atoms with E-state index in [1.165, 1.54) is 25.1 Å². The second kappa shape index (κ2) is 5.56. The highest BCUT2D eigenvalue weighted by molar-refractivity contribution is 7.95. The van der Waals surface area contributed by atoms with E-state index in [4.69, 9.17) is 11.6 Å². The first-order chi connectivity index (χ1) is 9.61. The summed E-state index contributed by atoms with van der Waals surface area (Å²) < 4.78 is 50.3. The number of hydrogen-bond donors (Lipinski definition) is 1. The minimum Gasteiger partial charge on any atom is -0.278 e. The Morgan fingerprint density at radius 3 is 2.33 bits per heavy atom. The zero-order chi connectivity index (χ0) is 15.8. The number of hydrogen-bond acceptors (Lipinski definition) is 6. The molecule has 0 aliphatic rings. The Kier molecular flexibility index (Phi) is 4.29. The number of thiazole rings is 1. The molecule has 0 aliphatic heterocycles. The molecule has 1 N–H and O–H groups in total. The van der Waals surface area contributed by atoms with Gasteiger partial charge in [-0.3, -0.25) is 4.72 Å². The van der Waals surface area contributed by atoms with Gasteiger partial charge in [-0.15, -0.1) is 0 Å². The van der Waals surface area contributed by atoms with Gasteiger partial charge in [0.05, 0.1) is 16.3 Å². The van der Waals surface area contributed by atoms with Crippen molar-refractivity contribution in [3.8, 4) is 0 Å². The molecular weight excluding hydrogens is 356 g/mol. The normalized spacial score (nSPS) is 12.3. The van der Waals surface area contributed by atoms with E-state index >= 15 is 0 Å². The van der Waals surface area contributed by atoms with E-state index in [0.717, 1.165) is 17.6 Å². The van der Waals surface area contributed by atoms with Crippen LogP contribution in [0.4, 0.5) is 5.69 Å². The van der Waals surface area contributed by atoms with Crippen molar-refractivity contribution in [1.82, 2.24) is 4.98 Å². The SMILES string of the molecule is Cc1nc(Cl)sc1S(=O)(=O)Nc1ccccc1S(C)(=O)=O. The number of anilines is 1. The average molecular weight is 367 g/mol. The molecule has 0 saturated heterocycles. The van der Waals surface area contributed by atoms with Gasteiger partial charge in [-0.2, -0.15) is 0 Å². The minimum atomic E-state index is -3.95. The molecule has 10 heteroatoms. The Morgan fingerprint density at radius 1 is 1.19 bits per heavy atom. The van der Waals surface area contributed by atoms with Crippen LogP contribution in [-0.2, 0) is 19.9 Å². The Bertz CT molecular complexity index is 888. The molecule has 2 aromatic rings. The van der Waals surface area contributed by atoms with Crippen LogP contribution < -0.4 is 4.72 Å². The molecule has 1 heterocycles. The van der Waals surface area contributed by atoms with Crippen molar-refractivity contribution in [1.29, 1.82) is 0 Å². The Labute approximate surface area is 131 Å². The Morgan fingerprint density at radius 2 is 1.81 bits per heavy atom. The molecular formula is C11H11ClN2O4S3. The molecule has 0 unspecified atom stereocenters. The third-order valence-electron chi connectivity index (χ3n) is 2.50. The summed E-state index contributed by atoms with van der Waals surface area (Å²) in [6, 6.07) is 5.77. The van der Waals surface area contributed by atoms with Crippen LogP contribution >= 0.6 is 22.9 Å². The van der Waals surface area contributed by atoms with Crippen molar-refractivity contribution in [2.75, 3.05) is 11.0 Å². The van der Waals surface area contributed by atoms with Crippen LogP contribution in [-0.4, -0.2) is 28.1 Å². The highest BCUT2D eigenvalue weighted by Crippen LogP contribution is 2.30. The van der Waals surface area contributed by atoms with Crippen LogP contribution in [0.3, 0.4) is 0 Å². The predicted molar refractivity (Wildman–Crippen MR) is 82.2 cm³/mol. The summed E-state index contributed by atoms with van der Waals surface area (Å²) in [6.45, 7) is 1.51. The lowest BCUT2D eigenvalue weighted by molar-refractivity contribution is 0.602. The van der Waals surface area contributed by atoms with Gasteiger partial charge in [-0.05, 0) is 19.1 Å². The first kappa shape index (κ1) is 16.2. The van der Waals surface area contributed by atoms with Crippen LogP contribution in [0, 0.1) is 6.92 Å². The number of sulfone groups is 1. The molecule has 0 radical (unpaired) electrons. The third kappa shape index (κ3) is 3.54. The van der Waals surface area contributed by atoms with Crippen molar-refractivity contribution in [2.45, 2.75) is 16.0 Å². The molecule has 0 amide bonds. The van der Waals surface area contributed by atoms with Crippen LogP contribution in [0.2, 0.25) is 4.47 Å². The number of rotatable bonds is 4. The van der Waals surface area contributed by atoms with Crippen LogP contribution in [0.5, 0.6) is 0 Å². The summed E-state index contributed by atoms with van der Waals surface area (Å²) in [4.78, 5) is 3.74. The number of aryl methyl sites for hydroxylation is 1. The summed E-state index contributed by atoms with van der Waals surface area (Å²) in [7, 11) is -7.51. The van der Waals surface area contributed by atoms with Crippen molar-refractivity contribution < 1.29 is 16.8 Å². The molecule has 0 spiro atoms. The lowest BCUT2D eigenvalue weighted by Gasteiger charge is -2.10. The van der Waals surface area contributed by atoms with Gasteiger partial charge >= 0.3 is 0 Å². The number of para-hydroxylation sites is 1. The van der Waals surface area contributed by atoms with E-state index in [0.29, 0.717) is 0 Å². The van der Waals surface area contributed by atoms with E-state index in [1.807, 2.05) is 0 Å². The zero-order valence-corrected chi connectivity index (χ0v) is 14.2. The Balaban J connectivity index is 2.50. The fraction of sp³-hybridized carbons (Fsp3) is 0.182. The van der Waals surface area contributed by atoms with E-state index < -0.39 is 19.9 Å². The summed E-state index contributed by atoms with van der Waals surface area (Å²) in [6.07, 6.45) is 1.01. The number of sulfonamides is 1. The molecule has 0 atom stereocenters. The first-order valence-electron chi connectivity index (χ1n) is 5.56. The predicted octanol–water partition coefficient (Wildman–Crippen LogP) is 2.31. The van der Waals surface area contributed by atoms with Gasteiger partial charge in [0.2, 0.25) is 0 Å². The van der Waals surface area contributed by atoms with E-state index in [1.54, 1.807) is 6.07 Å². The van der Waals surface area contributed by atoms with Crippen LogP contribution in [0.15, 0.2) is 33.4 Å². The maximum atomic E-state index is 12.3. The molecule has 2 rings (SSSR count). The summed E-state index contributed by atoms with van der Waals surface area (Å²) in [5.74, 6) is 0. The monoisotopic (exact) mass is 366 g/mol. The fourth-order valence-corrected chi connectivity index (χ4v) is 5.39. The summed E-state index contributed by atoms with van der Waals surface area (Å²) >= 11 is 6.51. The largest absolute Gasteiger partial charge is 0.278 e. The van der Waals surface area contributed by atoms with Crippen LogP contribution in [0.1, 0.15) is 5.69 Å². The van der Waals surface area contributed by atoms with E-state index in [-0.39, 0.29) is 25.0 Å². The van der Waals surface area contributed by atoms with Gasteiger partial charge in [0.15, 0.2) is 18.5 Å². The first-order valence-corrected chi connectivity index (χ1v) is 10.1. The summed E-state index contributed by atoms with van der Waals surface area (Å²) in [5.41, 5.74) is 0.248. The standard InChI is InChI=1S/C11H11ClN2O4S3/c1-7-10(19-11(12)13-7)21(17,18)14-8-5-3-4-6-9(8)20(2,15)16/h3-6,14H,1-2H3. The zero-order valence-electron chi connectivity index (χ0n) is 11.0. The third-order valence-corrected chi connectivity index (χ3v) is 6.89. The summed E-state index contributed by atoms with van der Waals surface area (Å²) in [5, 5.41) is 0. The number of benzene rings is 1. The van der Waals surface area contributed by atoms with Crippen molar-refractivity contribution in [3.05, 3.63) is 34.4 Å². The molecule has 0 aliphatic carbocycles. The number of nitrogens with one attached hydrogen (secondary N) is 1. The second-order valence-corrected chi connectivity index (χ2v) is 9.66. The number of aromatic nitrogens is 1. The molecule has 6 nitrogen and oxygen atoms in total. The van der Waals surface area contributed by atoms with Crippen molar-refractivity contribution >= 4 is 48.5 Å². The average Bonchev–Trinajstić information content (AvgIpc) is 2.68. The van der Waals surface area contributed by atoms with Crippen LogP contribution in [0.25, 0.3) is 0 Å². The maximum Gasteiger partial charge on any atom is 0.273 e. The lowest BCUT2D eigenvalue weighted by atomic mass is 10.3. The number of nitrogens with zero attached hydrogens (tertiary/aromatic N) is 1. The molecule has 0 bridgehead atoms. The molecule has 0 saturated carbocycles. The quantitative estimate of drug-likeness (QED) is 0.896. The molecule has 114 valence electrons. The van der Waals surface area contributed by atoms with Crippen molar-refractivity contribution in [2.24, 2.45) is 0 Å². The highest BCUT2D eigenvalue weighted by atomic mass is 35.5. The molecule has 1 aromatic carbocycles. The van der Waals surface area contributed by atoms with Crippen molar-refractivity contribution in [3.63, 3.8) is 0 Å². The van der Waals surface area contributed by atoms with Gasteiger partial charge in [0.25, 0.3) is 10.0 Å². The van der Waals surface area contributed by atoms with Gasteiger partial charge < -0.3 is 0 Å². The minimum absolute atomic E-state index is 0.0103.